The Bertz CT molecular complexity index is 1130. The fraction of sp³-hybridized carbons (Fsp3) is 0.429. The number of halogens is 1. The predicted molar refractivity (Wildman–Crippen MR) is 144 cm³/mol. The van der Waals surface area contributed by atoms with Crippen molar-refractivity contribution in [2.24, 2.45) is 0 Å². The Morgan fingerprint density at radius 3 is 2.36 bits per heavy atom. The smallest absolute Gasteiger partial charge is 0.169 e. The van der Waals surface area contributed by atoms with E-state index in [0.29, 0.717) is 6.42 Å². The third-order valence-electron chi connectivity index (χ3n) is 7.44. The Hall–Kier alpha value is -2.15. The van der Waals surface area contributed by atoms with E-state index in [2.05, 4.69) is 104 Å². The van der Waals surface area contributed by atoms with Gasteiger partial charge in [0.1, 0.15) is 5.82 Å². The molecule has 1 unspecified atom stereocenters. The van der Waals surface area contributed by atoms with Crippen molar-refractivity contribution in [3.05, 3.63) is 80.6 Å². The third kappa shape index (κ3) is 4.48. The molecule has 174 valence electrons. The lowest BCUT2D eigenvalue weighted by molar-refractivity contribution is 0.0944. The molecule has 0 radical (unpaired) electrons. The molecule has 1 aliphatic heterocycles. The number of aromatic nitrogens is 2. The minimum atomic E-state index is -0.187. The summed E-state index contributed by atoms with van der Waals surface area (Å²) in [6.07, 6.45) is 3.24. The number of hydrogen-bond donors (Lipinski definition) is 1. The molecule has 2 heterocycles. The summed E-state index contributed by atoms with van der Waals surface area (Å²) >= 11 is 2.33. The van der Waals surface area contributed by atoms with Crippen LogP contribution in [-0.2, 0) is 11.0 Å². The number of carbonyl (C=O) groups excluding carboxylic acids is 1. The van der Waals surface area contributed by atoms with Crippen LogP contribution in [0.5, 0.6) is 0 Å². The molecular formula is C28H34IN3O. The molecule has 33 heavy (non-hydrogen) atoms. The van der Waals surface area contributed by atoms with Gasteiger partial charge in [-0.05, 0) is 85.9 Å². The highest BCUT2D eigenvalue weighted by atomic mass is 127. The van der Waals surface area contributed by atoms with Crippen LogP contribution >= 0.6 is 22.6 Å². The highest BCUT2D eigenvalue weighted by Gasteiger charge is 2.39. The average molecular weight is 556 g/mol. The first-order valence-electron chi connectivity index (χ1n) is 11.9. The fourth-order valence-corrected chi connectivity index (χ4v) is 5.69. The van der Waals surface area contributed by atoms with E-state index in [1.807, 2.05) is 17.7 Å². The molecular weight excluding hydrogens is 521 g/mol. The largest absolute Gasteiger partial charge is 0.363 e. The van der Waals surface area contributed by atoms with Crippen molar-refractivity contribution in [1.29, 1.82) is 0 Å². The number of Topliss-reactive ketones (excluding diaryl/α,β-unsaturated/α-hetero) is 1. The van der Waals surface area contributed by atoms with Crippen molar-refractivity contribution in [3.63, 3.8) is 0 Å². The normalized spacial score (nSPS) is 17.3. The molecule has 0 fully saturated rings. The minimum absolute atomic E-state index is 0.148. The number of ketones is 1. The van der Waals surface area contributed by atoms with Crippen LogP contribution in [0.3, 0.4) is 0 Å². The first-order chi connectivity index (χ1) is 15.7. The average Bonchev–Trinajstić information content (AvgIpc) is 3.15. The molecule has 0 aliphatic carbocycles. The van der Waals surface area contributed by atoms with E-state index in [0.717, 1.165) is 36.3 Å². The SMILES string of the molecule is CCC(CC)(CC(=O)c1c(C)nn2c1NC(c1ccccc1)CC2(C)C)c1ccc(I)cc1. The van der Waals surface area contributed by atoms with E-state index in [1.54, 1.807) is 0 Å². The van der Waals surface area contributed by atoms with Gasteiger partial charge in [-0.25, -0.2) is 4.68 Å². The summed E-state index contributed by atoms with van der Waals surface area (Å²) in [6.45, 7) is 10.8. The van der Waals surface area contributed by atoms with Crippen molar-refractivity contribution in [3.8, 4) is 0 Å². The number of rotatable bonds is 7. The maximum atomic E-state index is 13.9. The number of anilines is 1. The molecule has 2 aromatic carbocycles. The third-order valence-corrected chi connectivity index (χ3v) is 8.16. The molecule has 0 saturated heterocycles. The lowest BCUT2D eigenvalue weighted by Gasteiger charge is -2.38. The summed E-state index contributed by atoms with van der Waals surface area (Å²) in [5.41, 5.74) is 3.69. The summed E-state index contributed by atoms with van der Waals surface area (Å²) in [4.78, 5) is 13.9. The van der Waals surface area contributed by atoms with Gasteiger partial charge in [-0.15, -0.1) is 0 Å². The van der Waals surface area contributed by atoms with E-state index >= 15 is 0 Å². The van der Waals surface area contributed by atoms with E-state index in [1.165, 1.54) is 14.7 Å². The zero-order chi connectivity index (χ0) is 23.8. The van der Waals surface area contributed by atoms with Gasteiger partial charge in [0.05, 0.1) is 22.8 Å². The molecule has 1 atom stereocenters. The number of fused-ring (bicyclic) bond motifs is 1. The van der Waals surface area contributed by atoms with Crippen LogP contribution in [0.2, 0.25) is 0 Å². The Balaban J connectivity index is 1.72. The summed E-state index contributed by atoms with van der Waals surface area (Å²) in [5, 5.41) is 8.54. The quantitative estimate of drug-likeness (QED) is 0.244. The summed E-state index contributed by atoms with van der Waals surface area (Å²) in [6, 6.07) is 19.3. The monoisotopic (exact) mass is 555 g/mol. The van der Waals surface area contributed by atoms with Crippen molar-refractivity contribution < 1.29 is 4.79 Å². The van der Waals surface area contributed by atoms with Gasteiger partial charge in [0.25, 0.3) is 0 Å². The van der Waals surface area contributed by atoms with Crippen LogP contribution in [0, 0.1) is 10.5 Å². The second-order valence-corrected chi connectivity index (χ2v) is 11.2. The van der Waals surface area contributed by atoms with Crippen LogP contribution < -0.4 is 5.32 Å². The van der Waals surface area contributed by atoms with Gasteiger partial charge in [-0.2, -0.15) is 5.10 Å². The molecule has 1 aliphatic rings. The number of nitrogens with one attached hydrogen (secondary N) is 1. The fourth-order valence-electron chi connectivity index (χ4n) is 5.33. The predicted octanol–water partition coefficient (Wildman–Crippen LogP) is 7.42. The standard InChI is InChI=1S/C28H34IN3O/c1-6-28(7-2,21-13-15-22(29)16-14-21)18-24(33)25-19(3)31-32-26(25)30-23(17-27(32,4)5)20-11-9-8-10-12-20/h8-16,23,30H,6-7,17-18H2,1-5H3. The summed E-state index contributed by atoms with van der Waals surface area (Å²) < 4.78 is 3.25. The summed E-state index contributed by atoms with van der Waals surface area (Å²) in [7, 11) is 0. The number of aryl methyl sites for hydroxylation is 1. The summed E-state index contributed by atoms with van der Waals surface area (Å²) in [5.74, 6) is 1.04. The van der Waals surface area contributed by atoms with Crippen molar-refractivity contribution in [1.82, 2.24) is 9.78 Å². The van der Waals surface area contributed by atoms with Gasteiger partial charge in [-0.3, -0.25) is 4.79 Å². The molecule has 5 heteroatoms. The number of hydrogen-bond acceptors (Lipinski definition) is 3. The van der Waals surface area contributed by atoms with E-state index in [9.17, 15) is 4.79 Å². The number of nitrogens with zero attached hydrogens (tertiary/aromatic N) is 2. The van der Waals surface area contributed by atoms with Crippen LogP contribution in [0.4, 0.5) is 5.82 Å². The van der Waals surface area contributed by atoms with Crippen LogP contribution in [-0.4, -0.2) is 15.6 Å². The van der Waals surface area contributed by atoms with E-state index < -0.39 is 0 Å². The van der Waals surface area contributed by atoms with Crippen LogP contribution in [0.15, 0.2) is 54.6 Å². The maximum Gasteiger partial charge on any atom is 0.169 e. The molecule has 3 aromatic rings. The van der Waals surface area contributed by atoms with Gasteiger partial charge >= 0.3 is 0 Å². The zero-order valence-corrected chi connectivity index (χ0v) is 22.4. The lowest BCUT2D eigenvalue weighted by atomic mass is 9.71. The van der Waals surface area contributed by atoms with Crippen molar-refractivity contribution in [2.75, 3.05) is 5.32 Å². The second kappa shape index (κ2) is 9.24. The molecule has 0 amide bonds. The number of benzene rings is 2. The first-order valence-corrected chi connectivity index (χ1v) is 13.0. The van der Waals surface area contributed by atoms with E-state index in [-0.39, 0.29) is 22.8 Å². The van der Waals surface area contributed by atoms with Gasteiger partial charge in [0, 0.05) is 15.4 Å². The molecule has 0 saturated carbocycles. The zero-order valence-electron chi connectivity index (χ0n) is 20.3. The first kappa shape index (κ1) is 24.0. The molecule has 4 nitrogen and oxygen atoms in total. The van der Waals surface area contributed by atoms with Gasteiger partial charge in [0.2, 0.25) is 0 Å². The topological polar surface area (TPSA) is 46.9 Å². The lowest BCUT2D eigenvalue weighted by Crippen LogP contribution is -2.38. The second-order valence-electron chi connectivity index (χ2n) is 9.94. The van der Waals surface area contributed by atoms with Gasteiger partial charge in [0.15, 0.2) is 5.78 Å². The highest BCUT2D eigenvalue weighted by Crippen LogP contribution is 2.43. The van der Waals surface area contributed by atoms with Crippen molar-refractivity contribution in [2.45, 2.75) is 77.3 Å². The molecule has 4 rings (SSSR count). The van der Waals surface area contributed by atoms with Crippen LogP contribution in [0.25, 0.3) is 0 Å². The van der Waals surface area contributed by atoms with E-state index in [4.69, 9.17) is 5.10 Å². The van der Waals surface area contributed by atoms with Gasteiger partial charge in [-0.1, -0.05) is 56.3 Å². The van der Waals surface area contributed by atoms with Gasteiger partial charge < -0.3 is 5.32 Å². The highest BCUT2D eigenvalue weighted by molar-refractivity contribution is 14.1. The maximum absolute atomic E-state index is 13.9. The Morgan fingerprint density at radius 2 is 1.76 bits per heavy atom. The minimum Gasteiger partial charge on any atom is -0.363 e. The molecule has 0 spiro atoms. The van der Waals surface area contributed by atoms with Crippen molar-refractivity contribution >= 4 is 34.2 Å². The Morgan fingerprint density at radius 1 is 1.12 bits per heavy atom. The molecule has 1 N–H and O–H groups in total. The molecule has 1 aromatic heterocycles. The Kier molecular flexibility index (Phi) is 6.72. The Labute approximate surface area is 211 Å². The molecule has 0 bridgehead atoms. The number of carbonyl (C=O) groups is 1. The van der Waals surface area contributed by atoms with Crippen LogP contribution in [0.1, 0.15) is 86.6 Å².